The summed E-state index contributed by atoms with van der Waals surface area (Å²) in [7, 11) is 0. The minimum atomic E-state index is 1.04. The lowest BCUT2D eigenvalue weighted by atomic mass is 10.1. The Bertz CT molecular complexity index is 3540. The summed E-state index contributed by atoms with van der Waals surface area (Å²) in [6.45, 7) is 0. The Hall–Kier alpha value is -9.38. The second kappa shape index (κ2) is 18.7. The highest BCUT2D eigenvalue weighted by Crippen LogP contribution is 2.44. The van der Waals surface area contributed by atoms with Crippen molar-refractivity contribution in [1.29, 1.82) is 0 Å². The molecule has 0 aliphatic carbocycles. The van der Waals surface area contributed by atoms with Gasteiger partial charge in [0, 0.05) is 67.9 Å². The van der Waals surface area contributed by atoms with Gasteiger partial charge in [0.25, 0.3) is 0 Å². The Balaban J connectivity index is 0.968. The zero-order chi connectivity index (χ0) is 46.6. The van der Waals surface area contributed by atoms with Crippen LogP contribution in [0.25, 0.3) is 32.3 Å². The molecule has 0 saturated carbocycles. The van der Waals surface area contributed by atoms with Gasteiger partial charge >= 0.3 is 0 Å². The van der Waals surface area contributed by atoms with E-state index in [1.807, 2.05) is 0 Å². The summed E-state index contributed by atoms with van der Waals surface area (Å²) >= 11 is 0. The van der Waals surface area contributed by atoms with Gasteiger partial charge < -0.3 is 19.6 Å². The zero-order valence-electron chi connectivity index (χ0n) is 38.5. The minimum Gasteiger partial charge on any atom is -0.310 e. The summed E-state index contributed by atoms with van der Waals surface area (Å²) in [5, 5.41) is 7.24. The predicted octanol–water partition coefficient (Wildman–Crippen LogP) is 19.0. The van der Waals surface area contributed by atoms with Gasteiger partial charge in [-0.05, 0) is 166 Å². The van der Waals surface area contributed by atoms with Crippen molar-refractivity contribution in [3.8, 4) is 0 Å². The fourth-order valence-electron chi connectivity index (χ4n) is 9.79. The molecule has 0 N–H and O–H groups in total. The van der Waals surface area contributed by atoms with Gasteiger partial charge in [-0.15, -0.1) is 0 Å². The Labute approximate surface area is 409 Å². The van der Waals surface area contributed by atoms with Crippen LogP contribution in [0.4, 0.5) is 68.2 Å². The number of nitrogens with zero attached hydrogens (tertiary/aromatic N) is 4. The summed E-state index contributed by atoms with van der Waals surface area (Å²) in [6.07, 6.45) is 0. The van der Waals surface area contributed by atoms with E-state index in [-0.39, 0.29) is 0 Å². The largest absolute Gasteiger partial charge is 0.310 e. The first-order valence-corrected chi connectivity index (χ1v) is 23.8. The van der Waals surface area contributed by atoms with Crippen LogP contribution < -0.4 is 19.6 Å². The van der Waals surface area contributed by atoms with E-state index in [1.165, 1.54) is 32.3 Å². The molecular weight excluding hydrogens is 849 g/mol. The third-order valence-electron chi connectivity index (χ3n) is 13.1. The van der Waals surface area contributed by atoms with E-state index >= 15 is 0 Å². The van der Waals surface area contributed by atoms with Crippen molar-refractivity contribution in [2.24, 2.45) is 0 Å². The lowest BCUT2D eigenvalue weighted by molar-refractivity contribution is 1.24. The van der Waals surface area contributed by atoms with E-state index in [0.29, 0.717) is 0 Å². The molecule has 0 radical (unpaired) electrons. The molecule has 0 spiro atoms. The topological polar surface area (TPSA) is 13.0 Å². The number of fused-ring (bicyclic) bond motifs is 3. The highest BCUT2D eigenvalue weighted by atomic mass is 15.2. The van der Waals surface area contributed by atoms with Crippen LogP contribution >= 0.6 is 0 Å². The molecule has 0 amide bonds. The molecule has 4 heteroatoms. The Morgan fingerprint density at radius 2 is 0.429 bits per heavy atom. The predicted molar refractivity (Wildman–Crippen MR) is 298 cm³/mol. The Morgan fingerprint density at radius 3 is 0.843 bits per heavy atom. The van der Waals surface area contributed by atoms with Gasteiger partial charge in [0.1, 0.15) is 0 Å². The average Bonchev–Trinajstić information content (AvgIpc) is 3.43. The van der Waals surface area contributed by atoms with Crippen molar-refractivity contribution in [3.63, 3.8) is 0 Å². The van der Waals surface area contributed by atoms with Crippen molar-refractivity contribution in [2.75, 3.05) is 19.6 Å². The van der Waals surface area contributed by atoms with Crippen molar-refractivity contribution >= 4 is 101 Å². The summed E-state index contributed by atoms with van der Waals surface area (Å²) in [5.74, 6) is 0. The lowest BCUT2D eigenvalue weighted by Crippen LogP contribution is -2.14. The standard InChI is InChI=1S/C66H48N4/c1-4-23-54(24-5-1)68(63-33-31-49-17-10-12-20-52(49)47-63)60-39-35-57(36-40-60)67(58-37-41-61(42-38-58)69(55-25-6-2-7-26-55)64-34-32-50-18-11-13-21-53(50)48-64)59-43-45-62(46-44-59)70(56-27-8-3-9-28-56)66-30-16-22-51-19-14-15-29-65(51)66/h1-48H. The summed E-state index contributed by atoms with van der Waals surface area (Å²) in [4.78, 5) is 9.38. The van der Waals surface area contributed by atoms with E-state index < -0.39 is 0 Å². The molecule has 0 fully saturated rings. The molecule has 0 atom stereocenters. The summed E-state index contributed by atoms with van der Waals surface area (Å²) < 4.78 is 0. The highest BCUT2D eigenvalue weighted by molar-refractivity contribution is 5.99. The molecule has 0 aliphatic rings. The molecule has 0 aliphatic heterocycles. The first kappa shape index (κ1) is 42.0. The van der Waals surface area contributed by atoms with Crippen LogP contribution in [0.3, 0.4) is 0 Å². The second-order valence-corrected chi connectivity index (χ2v) is 17.5. The SMILES string of the molecule is c1ccc(N(c2ccc(N(c3ccc(N(c4ccccc4)c4ccc5ccccc5c4)cc3)c3ccc(N(c4ccccc4)c4cccc5ccccc45)cc3)cc2)c2ccc3ccccc3c2)cc1. The molecule has 0 bridgehead atoms. The molecule has 4 nitrogen and oxygen atoms in total. The fourth-order valence-corrected chi connectivity index (χ4v) is 9.79. The van der Waals surface area contributed by atoms with Gasteiger partial charge in [-0.1, -0.05) is 152 Å². The normalized spacial score (nSPS) is 11.1. The maximum absolute atomic E-state index is 2.36. The first-order valence-electron chi connectivity index (χ1n) is 23.8. The fraction of sp³-hybridized carbons (Fsp3) is 0. The van der Waals surface area contributed by atoms with Gasteiger partial charge in [0.2, 0.25) is 0 Å². The van der Waals surface area contributed by atoms with Crippen LogP contribution in [0.15, 0.2) is 291 Å². The Kier molecular flexibility index (Phi) is 11.2. The molecule has 0 aromatic heterocycles. The van der Waals surface area contributed by atoms with E-state index in [2.05, 4.69) is 311 Å². The molecule has 332 valence electrons. The molecule has 12 aromatic carbocycles. The number of hydrogen-bond donors (Lipinski definition) is 0. The van der Waals surface area contributed by atoms with Crippen LogP contribution in [0, 0.1) is 0 Å². The Morgan fingerprint density at radius 1 is 0.157 bits per heavy atom. The third-order valence-corrected chi connectivity index (χ3v) is 13.1. The number of rotatable bonds is 12. The highest BCUT2D eigenvalue weighted by Gasteiger charge is 2.20. The van der Waals surface area contributed by atoms with Gasteiger partial charge in [-0.3, -0.25) is 0 Å². The maximum Gasteiger partial charge on any atom is 0.0540 e. The molecule has 0 unspecified atom stereocenters. The van der Waals surface area contributed by atoms with Crippen LogP contribution in [-0.4, -0.2) is 0 Å². The minimum absolute atomic E-state index is 1.04. The second-order valence-electron chi connectivity index (χ2n) is 17.5. The van der Waals surface area contributed by atoms with E-state index in [0.717, 1.165) is 68.2 Å². The monoisotopic (exact) mass is 896 g/mol. The molecule has 0 saturated heterocycles. The van der Waals surface area contributed by atoms with Crippen LogP contribution in [0.5, 0.6) is 0 Å². The number of hydrogen-bond acceptors (Lipinski definition) is 4. The van der Waals surface area contributed by atoms with Crippen molar-refractivity contribution < 1.29 is 0 Å². The van der Waals surface area contributed by atoms with Crippen LogP contribution in [-0.2, 0) is 0 Å². The summed E-state index contributed by atoms with van der Waals surface area (Å²) in [6, 6.07) is 104. The van der Waals surface area contributed by atoms with Crippen molar-refractivity contribution in [2.45, 2.75) is 0 Å². The molecule has 12 rings (SSSR count). The van der Waals surface area contributed by atoms with Crippen LogP contribution in [0.1, 0.15) is 0 Å². The lowest BCUT2D eigenvalue weighted by Gasteiger charge is -2.30. The molecular formula is C66H48N4. The third kappa shape index (κ3) is 8.25. The van der Waals surface area contributed by atoms with Gasteiger partial charge in [0.05, 0.1) is 5.69 Å². The quantitative estimate of drug-likeness (QED) is 0.121. The maximum atomic E-state index is 2.36. The van der Waals surface area contributed by atoms with E-state index in [4.69, 9.17) is 0 Å². The van der Waals surface area contributed by atoms with Gasteiger partial charge in [0.15, 0.2) is 0 Å². The number of benzene rings is 12. The van der Waals surface area contributed by atoms with Gasteiger partial charge in [-0.2, -0.15) is 0 Å². The van der Waals surface area contributed by atoms with Crippen molar-refractivity contribution in [1.82, 2.24) is 0 Å². The average molecular weight is 897 g/mol. The zero-order valence-corrected chi connectivity index (χ0v) is 38.5. The van der Waals surface area contributed by atoms with E-state index in [9.17, 15) is 0 Å². The molecule has 70 heavy (non-hydrogen) atoms. The molecule has 0 heterocycles. The molecule has 12 aromatic rings. The number of para-hydroxylation sites is 3. The smallest absolute Gasteiger partial charge is 0.0540 e. The van der Waals surface area contributed by atoms with Gasteiger partial charge in [-0.25, -0.2) is 0 Å². The summed E-state index contributed by atoms with van der Waals surface area (Å²) in [5.41, 5.74) is 12.9. The van der Waals surface area contributed by atoms with Crippen molar-refractivity contribution in [3.05, 3.63) is 291 Å². The van der Waals surface area contributed by atoms with E-state index in [1.54, 1.807) is 0 Å². The number of anilines is 12. The first-order chi connectivity index (χ1) is 34.7. The van der Waals surface area contributed by atoms with Crippen LogP contribution in [0.2, 0.25) is 0 Å².